The monoisotopic (exact) mass is 404 g/mol. The van der Waals surface area contributed by atoms with Gasteiger partial charge in [0.15, 0.2) is 5.69 Å². The number of piperidine rings is 1. The molecule has 10 heteroatoms. The number of carbonyl (C=O) groups is 1. The van der Waals surface area contributed by atoms with Gasteiger partial charge in [-0.25, -0.2) is 14.3 Å². The van der Waals surface area contributed by atoms with Crippen LogP contribution in [-0.2, 0) is 6.18 Å². The fraction of sp³-hybridized carbons (Fsp3) is 0.368. The zero-order valence-electron chi connectivity index (χ0n) is 15.7. The Balaban J connectivity index is 1.60. The zero-order chi connectivity index (χ0) is 20.6. The highest BCUT2D eigenvalue weighted by Crippen LogP contribution is 2.35. The Labute approximate surface area is 164 Å². The maximum Gasteiger partial charge on any atom is 0.434 e. The zero-order valence-corrected chi connectivity index (χ0v) is 15.7. The molecule has 1 aliphatic rings. The van der Waals surface area contributed by atoms with E-state index in [1.807, 2.05) is 6.92 Å². The van der Waals surface area contributed by atoms with Crippen LogP contribution < -0.4 is 0 Å². The van der Waals surface area contributed by atoms with E-state index in [1.165, 1.54) is 11.2 Å². The minimum atomic E-state index is -4.72. The normalized spacial score (nSPS) is 15.7. The van der Waals surface area contributed by atoms with Crippen LogP contribution in [0.25, 0.3) is 5.69 Å². The van der Waals surface area contributed by atoms with Gasteiger partial charge in [-0.2, -0.15) is 23.4 Å². The van der Waals surface area contributed by atoms with Gasteiger partial charge in [-0.3, -0.25) is 4.79 Å². The lowest BCUT2D eigenvalue weighted by Crippen LogP contribution is -2.39. The SMILES string of the molecule is Cc1ccc(-n2ncc(C(=O)N3CCC(n4cncn4)CC3)c2C(F)(F)F)cc1. The van der Waals surface area contributed by atoms with Crippen molar-refractivity contribution in [2.24, 2.45) is 0 Å². The number of alkyl halides is 3. The van der Waals surface area contributed by atoms with Gasteiger partial charge >= 0.3 is 6.18 Å². The van der Waals surface area contributed by atoms with Crippen LogP contribution in [0.4, 0.5) is 13.2 Å². The minimum Gasteiger partial charge on any atom is -0.338 e. The number of amides is 1. The Morgan fingerprint density at radius 3 is 2.38 bits per heavy atom. The van der Waals surface area contributed by atoms with E-state index in [0.29, 0.717) is 25.9 Å². The van der Waals surface area contributed by atoms with Crippen LogP contribution in [0.15, 0.2) is 43.1 Å². The van der Waals surface area contributed by atoms with Crippen molar-refractivity contribution < 1.29 is 18.0 Å². The van der Waals surface area contributed by atoms with Crippen LogP contribution in [0, 0.1) is 6.92 Å². The number of hydrogen-bond acceptors (Lipinski definition) is 4. The lowest BCUT2D eigenvalue weighted by atomic mass is 10.0. The Kier molecular flexibility index (Phi) is 4.85. The summed E-state index contributed by atoms with van der Waals surface area (Å²) in [5.41, 5.74) is -0.310. The van der Waals surface area contributed by atoms with Gasteiger partial charge in [0.2, 0.25) is 0 Å². The van der Waals surface area contributed by atoms with Crippen LogP contribution in [0.3, 0.4) is 0 Å². The van der Waals surface area contributed by atoms with Crippen molar-refractivity contribution in [3.05, 3.63) is 59.9 Å². The third kappa shape index (κ3) is 3.74. The van der Waals surface area contributed by atoms with E-state index in [9.17, 15) is 18.0 Å². The fourth-order valence-corrected chi connectivity index (χ4v) is 3.57. The second-order valence-electron chi connectivity index (χ2n) is 7.05. The molecule has 0 unspecified atom stereocenters. The third-order valence-electron chi connectivity index (χ3n) is 5.11. The van der Waals surface area contributed by atoms with Gasteiger partial charge in [-0.15, -0.1) is 0 Å². The summed E-state index contributed by atoms with van der Waals surface area (Å²) in [4.78, 5) is 18.3. The summed E-state index contributed by atoms with van der Waals surface area (Å²) in [6.45, 7) is 2.53. The molecule has 0 saturated carbocycles. The van der Waals surface area contributed by atoms with Gasteiger partial charge in [-0.1, -0.05) is 17.7 Å². The molecule has 1 fully saturated rings. The lowest BCUT2D eigenvalue weighted by molar-refractivity contribution is -0.143. The van der Waals surface area contributed by atoms with E-state index in [0.717, 1.165) is 16.4 Å². The molecular formula is C19H19F3N6O. The second kappa shape index (κ2) is 7.34. The topological polar surface area (TPSA) is 68.8 Å². The van der Waals surface area contributed by atoms with E-state index in [2.05, 4.69) is 15.2 Å². The third-order valence-corrected chi connectivity index (χ3v) is 5.11. The first-order valence-electron chi connectivity index (χ1n) is 9.20. The highest BCUT2D eigenvalue weighted by Gasteiger charge is 2.41. The predicted molar refractivity (Wildman–Crippen MR) is 97.5 cm³/mol. The largest absolute Gasteiger partial charge is 0.434 e. The molecule has 3 aromatic rings. The van der Waals surface area contributed by atoms with Crippen molar-refractivity contribution in [2.75, 3.05) is 13.1 Å². The Morgan fingerprint density at radius 2 is 1.79 bits per heavy atom. The van der Waals surface area contributed by atoms with Crippen molar-refractivity contribution in [1.82, 2.24) is 29.4 Å². The van der Waals surface area contributed by atoms with E-state index in [-0.39, 0.29) is 11.7 Å². The van der Waals surface area contributed by atoms with Gasteiger partial charge in [0.25, 0.3) is 5.91 Å². The molecule has 1 saturated heterocycles. The molecule has 2 aromatic heterocycles. The number of nitrogens with zero attached hydrogens (tertiary/aromatic N) is 6. The summed E-state index contributed by atoms with van der Waals surface area (Å²) in [5.74, 6) is -0.660. The molecule has 0 aliphatic carbocycles. The molecule has 0 atom stereocenters. The molecule has 0 spiro atoms. The molecule has 29 heavy (non-hydrogen) atoms. The fourth-order valence-electron chi connectivity index (χ4n) is 3.57. The van der Waals surface area contributed by atoms with Crippen molar-refractivity contribution in [2.45, 2.75) is 32.0 Å². The van der Waals surface area contributed by atoms with Crippen molar-refractivity contribution in [3.8, 4) is 5.69 Å². The first-order valence-corrected chi connectivity index (χ1v) is 9.20. The Hall–Kier alpha value is -3.17. The van der Waals surface area contributed by atoms with Gasteiger partial charge in [0, 0.05) is 13.1 Å². The molecule has 0 bridgehead atoms. The number of aromatic nitrogens is 5. The number of halogens is 3. The summed E-state index contributed by atoms with van der Waals surface area (Å²) in [5, 5.41) is 7.98. The van der Waals surface area contributed by atoms with Gasteiger partial charge in [0.05, 0.1) is 23.5 Å². The number of rotatable bonds is 3. The average Bonchev–Trinajstić information content (AvgIpc) is 3.38. The van der Waals surface area contributed by atoms with E-state index < -0.39 is 23.3 Å². The molecule has 1 amide bonds. The molecule has 0 N–H and O–H groups in total. The molecule has 152 valence electrons. The van der Waals surface area contributed by atoms with Crippen LogP contribution in [0.2, 0.25) is 0 Å². The maximum atomic E-state index is 13.8. The summed E-state index contributed by atoms with van der Waals surface area (Å²) >= 11 is 0. The quantitative estimate of drug-likeness (QED) is 0.672. The van der Waals surface area contributed by atoms with Crippen LogP contribution in [0.1, 0.15) is 40.5 Å². The van der Waals surface area contributed by atoms with Crippen molar-refractivity contribution in [3.63, 3.8) is 0 Å². The average molecular weight is 404 g/mol. The van der Waals surface area contributed by atoms with Crippen molar-refractivity contribution >= 4 is 5.91 Å². The van der Waals surface area contributed by atoms with Gasteiger partial charge in [0.1, 0.15) is 12.7 Å². The predicted octanol–water partition coefficient (Wildman–Crippen LogP) is 3.27. The summed E-state index contributed by atoms with van der Waals surface area (Å²) in [6, 6.07) is 6.59. The molecule has 0 radical (unpaired) electrons. The second-order valence-corrected chi connectivity index (χ2v) is 7.05. The molecule has 1 aliphatic heterocycles. The molecule has 1 aromatic carbocycles. The number of aryl methyl sites for hydroxylation is 1. The van der Waals surface area contributed by atoms with Crippen molar-refractivity contribution in [1.29, 1.82) is 0 Å². The number of likely N-dealkylation sites (tertiary alicyclic amines) is 1. The molecule has 3 heterocycles. The van der Waals surface area contributed by atoms with E-state index in [1.54, 1.807) is 35.3 Å². The number of hydrogen-bond donors (Lipinski definition) is 0. The molecule has 4 rings (SSSR count). The number of carbonyl (C=O) groups excluding carboxylic acids is 1. The van der Waals surface area contributed by atoms with Crippen LogP contribution in [0.5, 0.6) is 0 Å². The number of benzene rings is 1. The Morgan fingerprint density at radius 1 is 1.10 bits per heavy atom. The smallest absolute Gasteiger partial charge is 0.338 e. The summed E-state index contributed by atoms with van der Waals surface area (Å²) in [7, 11) is 0. The first-order chi connectivity index (χ1) is 13.8. The van der Waals surface area contributed by atoms with E-state index in [4.69, 9.17) is 0 Å². The summed E-state index contributed by atoms with van der Waals surface area (Å²) < 4.78 is 44.0. The standard InChI is InChI=1S/C19H19F3N6O/c1-13-2-4-15(5-3-13)28-17(19(20,21)22)16(10-24-28)18(29)26-8-6-14(7-9-26)27-12-23-11-25-27/h2-5,10-12,14H,6-9H2,1H3. The summed E-state index contributed by atoms with van der Waals surface area (Å²) in [6.07, 6.45) is 0.535. The van der Waals surface area contributed by atoms with Crippen LogP contribution >= 0.6 is 0 Å². The molecule has 7 nitrogen and oxygen atoms in total. The van der Waals surface area contributed by atoms with Crippen LogP contribution in [-0.4, -0.2) is 48.4 Å². The lowest BCUT2D eigenvalue weighted by Gasteiger charge is -2.32. The minimum absolute atomic E-state index is 0.0823. The van der Waals surface area contributed by atoms with Gasteiger partial charge < -0.3 is 4.90 Å². The first kappa shape index (κ1) is 19.2. The van der Waals surface area contributed by atoms with E-state index >= 15 is 0 Å². The highest BCUT2D eigenvalue weighted by molar-refractivity contribution is 5.95. The molecular weight excluding hydrogens is 385 g/mol. The highest BCUT2D eigenvalue weighted by atomic mass is 19.4. The Bertz CT molecular complexity index is 986. The maximum absolute atomic E-state index is 13.8. The van der Waals surface area contributed by atoms with Gasteiger partial charge in [-0.05, 0) is 31.9 Å².